The number of nitrogens with one attached hydrogen (secondary N) is 8. The maximum Gasteiger partial charge on any atom is 0.267 e. The van der Waals surface area contributed by atoms with Crippen LogP contribution >= 0.6 is 21.6 Å². The molecule has 0 aliphatic carbocycles. The molecule has 8 amide bonds. The highest BCUT2D eigenvalue weighted by Crippen LogP contribution is 2.25. The molecule has 9 N–H and O–H groups in total. The molecule has 0 radical (unpaired) electrons. The molecular weight excluding hydrogens is 929 g/mol. The van der Waals surface area contributed by atoms with Crippen molar-refractivity contribution in [3.05, 3.63) is 12.3 Å². The summed E-state index contributed by atoms with van der Waals surface area (Å²) in [7, 11) is 2.75. The molecule has 0 spiro atoms. The second kappa shape index (κ2) is 28.4. The van der Waals surface area contributed by atoms with Gasteiger partial charge in [-0.2, -0.15) is 0 Å². The maximum atomic E-state index is 12.8. The first-order valence-corrected chi connectivity index (χ1v) is 25.5. The Balaban J connectivity index is -0.000000503. The minimum absolute atomic E-state index is 0. The number of hydrogen-bond donors (Lipinski definition) is 8. The van der Waals surface area contributed by atoms with E-state index in [4.69, 9.17) is 12.6 Å². The zero-order valence-electron chi connectivity index (χ0n) is 46.0. The first kappa shape index (κ1) is 71.1. The van der Waals surface area contributed by atoms with Crippen molar-refractivity contribution in [1.29, 1.82) is 0 Å². The van der Waals surface area contributed by atoms with E-state index in [9.17, 15) is 38.4 Å². The predicted octanol–water partition coefficient (Wildman–Crippen LogP) is 5.64. The average Bonchev–Trinajstić information content (AvgIpc) is 3.06. The van der Waals surface area contributed by atoms with E-state index >= 15 is 0 Å². The third-order valence-corrected chi connectivity index (χ3v) is 10.6. The Morgan fingerprint density at radius 1 is 0.412 bits per heavy atom. The van der Waals surface area contributed by atoms with Gasteiger partial charge in [-0.15, -0.1) is 5.75 Å². The Labute approximate surface area is 423 Å². The van der Waals surface area contributed by atoms with Crippen LogP contribution in [0.3, 0.4) is 0 Å². The van der Waals surface area contributed by atoms with Crippen LogP contribution in [0.4, 0.5) is 0 Å². The van der Waals surface area contributed by atoms with Crippen LogP contribution < -0.4 is 42.5 Å². The molecule has 0 fully saturated rings. The van der Waals surface area contributed by atoms with Crippen LogP contribution in [0.15, 0.2) is 12.3 Å². The first-order valence-electron chi connectivity index (χ1n) is 22.5. The number of carbonyl (C=O) groups is 8. The molecule has 0 saturated heterocycles. The summed E-state index contributed by atoms with van der Waals surface area (Å²) in [6.07, 6.45) is 0. The van der Waals surface area contributed by atoms with Crippen molar-refractivity contribution in [2.24, 2.45) is 21.7 Å². The van der Waals surface area contributed by atoms with Gasteiger partial charge in [-0.3, -0.25) is 38.4 Å². The Bertz CT molecular complexity index is 1640. The summed E-state index contributed by atoms with van der Waals surface area (Å²) in [4.78, 5) is 97.4. The molecule has 0 aliphatic rings. The van der Waals surface area contributed by atoms with E-state index in [0.717, 1.165) is 0 Å². The van der Waals surface area contributed by atoms with Crippen LogP contribution in [0, 0.1) is 21.7 Å². The predicted molar refractivity (Wildman–Crippen MR) is 282 cm³/mol. The highest BCUT2D eigenvalue weighted by Gasteiger charge is 2.32. The lowest BCUT2D eigenvalue weighted by Crippen LogP contribution is -2.55. The Morgan fingerprint density at radius 3 is 0.868 bits per heavy atom. The number of carbonyl (C=O) groups excluding carboxylic acids is 8. The third kappa shape index (κ3) is 35.6. The smallest absolute Gasteiger partial charge is 0.267 e. The maximum absolute atomic E-state index is 12.8. The normalized spacial score (nSPS) is 13.6. The van der Waals surface area contributed by atoms with E-state index in [1.165, 1.54) is 21.6 Å². The van der Waals surface area contributed by atoms with Crippen molar-refractivity contribution in [2.75, 3.05) is 17.3 Å². The minimum Gasteiger partial charge on any atom is -0.870 e. The lowest BCUT2D eigenvalue weighted by Gasteiger charge is -2.29. The lowest BCUT2D eigenvalue weighted by molar-refractivity contribution is -0.133. The molecule has 3 unspecified atom stereocenters. The topological polar surface area (TPSA) is 263 Å². The summed E-state index contributed by atoms with van der Waals surface area (Å²) >= 11 is 4.90. The van der Waals surface area contributed by atoms with Gasteiger partial charge in [0, 0.05) is 55.3 Å². The molecular formula is C48H92N8O9S3-2. The summed E-state index contributed by atoms with van der Waals surface area (Å²) in [6, 6.07) is -2.10. The zero-order chi connectivity index (χ0) is 54.1. The van der Waals surface area contributed by atoms with E-state index in [2.05, 4.69) is 49.1 Å². The molecule has 0 saturated carbocycles. The standard InChI is InChI=1S/C24H46N4O4S2.C12H24N2O2S.C12H22N2O2.H2O/c1-21(2,3)19(31)25-15(17(29)27-23(7,8)9)13-33-34-14-16(18(30)28-24(10,11)12)26-20(32)22(4,5)6;1-11(2,3)10(16)13-8(7-17)9(15)14-12(4,5)6;1-8(9(15)14-12(5,6)7)13-10(16)11(2,3)4;/h15-16H,13-14H2,1-12H3,(H,25,31)(H,26,32)(H,27,29)(H,28,30);8,17H,7H2,1-6H3,(H,13,16)(H,14,15);1H2,2-7H3,(H,13,16)(H,14,15);1H2/p-2. The average molecular weight is 1020 g/mol. The van der Waals surface area contributed by atoms with E-state index < -0.39 is 50.9 Å². The van der Waals surface area contributed by atoms with Gasteiger partial charge in [0.15, 0.2) is 0 Å². The van der Waals surface area contributed by atoms with Gasteiger partial charge in [-0.05, 0) is 83.1 Å². The van der Waals surface area contributed by atoms with Gasteiger partial charge in [0.25, 0.3) is 5.91 Å². The van der Waals surface area contributed by atoms with E-state index in [-0.39, 0.29) is 75.3 Å². The molecule has 68 heavy (non-hydrogen) atoms. The zero-order valence-corrected chi connectivity index (χ0v) is 48.4. The summed E-state index contributed by atoms with van der Waals surface area (Å²) in [6.45, 7) is 47.5. The van der Waals surface area contributed by atoms with Crippen molar-refractivity contribution in [2.45, 2.75) is 206 Å². The molecule has 0 bridgehead atoms. The summed E-state index contributed by atoms with van der Waals surface area (Å²) in [5, 5.41) is 22.2. The molecule has 3 atom stereocenters. The highest BCUT2D eigenvalue weighted by atomic mass is 33.1. The SMILES string of the molecule is C=C(NC(=O)C(C)(C)C)C(=O)NC(C)(C)C.CC(C)(C)NC(=O)C(CSSCC(NC(=O)C(C)(C)C)C(=O)NC(C)(C)C)NC(=O)C(C)(C)C.CC(C)(C)NC(=O)C(C[S-])NC(=O)C(C)(C)C.[OH-]. The number of amides is 8. The Hall–Kier alpha value is -3.49. The highest BCUT2D eigenvalue weighted by molar-refractivity contribution is 8.76. The van der Waals surface area contributed by atoms with E-state index in [0.29, 0.717) is 11.5 Å². The Morgan fingerprint density at radius 2 is 0.647 bits per heavy atom. The van der Waals surface area contributed by atoms with Crippen LogP contribution in [-0.2, 0) is 51.0 Å². The van der Waals surface area contributed by atoms with E-state index in [1.807, 2.05) is 83.1 Å². The monoisotopic (exact) mass is 1020 g/mol. The summed E-state index contributed by atoms with van der Waals surface area (Å²) in [5.74, 6) is -1.14. The van der Waals surface area contributed by atoms with E-state index in [1.54, 1.807) is 83.1 Å². The first-order chi connectivity index (χ1) is 29.4. The van der Waals surface area contributed by atoms with Gasteiger partial charge in [0.1, 0.15) is 12.1 Å². The summed E-state index contributed by atoms with van der Waals surface area (Å²) < 4.78 is 0. The minimum atomic E-state index is -0.727. The fraction of sp³-hybridized carbons (Fsp3) is 0.792. The molecule has 0 heterocycles. The van der Waals surface area contributed by atoms with Gasteiger partial charge < -0.3 is 60.6 Å². The molecule has 0 aromatic heterocycles. The fourth-order valence-electron chi connectivity index (χ4n) is 4.07. The molecule has 0 aromatic carbocycles. The molecule has 0 aromatic rings. The Kier molecular flexibility index (Phi) is 29.7. The molecule has 0 rings (SSSR count). The number of rotatable bonds is 14. The van der Waals surface area contributed by atoms with Gasteiger partial charge >= 0.3 is 0 Å². The van der Waals surface area contributed by atoms with Crippen LogP contribution in [0.5, 0.6) is 0 Å². The quantitative estimate of drug-likeness (QED) is 0.0455. The fourth-order valence-corrected chi connectivity index (χ4v) is 6.64. The summed E-state index contributed by atoms with van der Waals surface area (Å²) in [5.41, 5.74) is -3.79. The van der Waals surface area contributed by atoms with Crippen molar-refractivity contribution in [3.63, 3.8) is 0 Å². The third-order valence-electron chi connectivity index (χ3n) is 7.83. The van der Waals surface area contributed by atoms with Crippen molar-refractivity contribution in [3.8, 4) is 0 Å². The van der Waals surface area contributed by atoms with Gasteiger partial charge in [-0.25, -0.2) is 0 Å². The van der Waals surface area contributed by atoms with Crippen molar-refractivity contribution < 1.29 is 43.8 Å². The number of hydrogen-bond acceptors (Lipinski definition) is 12. The van der Waals surface area contributed by atoms with Gasteiger partial charge in [-0.1, -0.05) is 111 Å². The van der Waals surface area contributed by atoms with Gasteiger partial charge in [0.05, 0.1) is 11.7 Å². The second-order valence-corrected chi connectivity index (χ2v) is 27.6. The van der Waals surface area contributed by atoms with Crippen LogP contribution in [0.25, 0.3) is 0 Å². The molecule has 0 aliphatic heterocycles. The largest absolute Gasteiger partial charge is 0.870 e. The molecule has 17 nitrogen and oxygen atoms in total. The lowest BCUT2D eigenvalue weighted by atomic mass is 9.95. The van der Waals surface area contributed by atoms with Crippen molar-refractivity contribution >= 4 is 81.5 Å². The van der Waals surface area contributed by atoms with Crippen LogP contribution in [0.2, 0.25) is 0 Å². The van der Waals surface area contributed by atoms with Gasteiger partial charge in [0.2, 0.25) is 41.4 Å². The second-order valence-electron chi connectivity index (χ2n) is 24.7. The molecule has 20 heteroatoms. The van der Waals surface area contributed by atoms with Crippen LogP contribution in [-0.4, -0.2) is 110 Å². The van der Waals surface area contributed by atoms with Crippen LogP contribution in [0.1, 0.15) is 166 Å². The molecule has 398 valence electrons. The van der Waals surface area contributed by atoms with Crippen molar-refractivity contribution in [1.82, 2.24) is 42.5 Å².